The second kappa shape index (κ2) is 11.7. The molecule has 0 spiro atoms. The van der Waals surface area contributed by atoms with Gasteiger partial charge in [0.1, 0.15) is 0 Å². The van der Waals surface area contributed by atoms with E-state index in [4.69, 9.17) is 25.8 Å². The third-order valence-electron chi connectivity index (χ3n) is 4.56. The quantitative estimate of drug-likeness (QED) is 0.477. The summed E-state index contributed by atoms with van der Waals surface area (Å²) in [4.78, 5) is 26.1. The standard InChI is InChI=1S/C22H30ClNO5/c1-16(2)29-22-18(23)13-17(14-19(22)27-3)9-10-21(26)28-15-20(25)24-11-7-5-4-6-8-12-24/h9-10,13-14,16H,4-8,11-12,15H2,1-3H3/b10-9+. The van der Waals surface area contributed by atoms with E-state index < -0.39 is 5.97 Å². The summed E-state index contributed by atoms with van der Waals surface area (Å²) in [5.74, 6) is 0.214. The number of rotatable bonds is 7. The van der Waals surface area contributed by atoms with Crippen LogP contribution in [0.15, 0.2) is 18.2 Å². The van der Waals surface area contributed by atoms with E-state index in [1.54, 1.807) is 23.1 Å². The van der Waals surface area contributed by atoms with E-state index in [0.717, 1.165) is 38.8 Å². The average molecular weight is 424 g/mol. The summed E-state index contributed by atoms with van der Waals surface area (Å²) in [6.45, 7) is 5.02. The minimum absolute atomic E-state index is 0.0520. The van der Waals surface area contributed by atoms with Crippen molar-refractivity contribution < 1.29 is 23.8 Å². The Kier molecular flexibility index (Phi) is 9.32. The lowest BCUT2D eigenvalue weighted by Crippen LogP contribution is -2.36. The molecular weight excluding hydrogens is 394 g/mol. The van der Waals surface area contributed by atoms with E-state index in [1.165, 1.54) is 19.6 Å². The zero-order valence-corrected chi connectivity index (χ0v) is 18.2. The summed E-state index contributed by atoms with van der Waals surface area (Å²) in [6.07, 6.45) is 8.28. The van der Waals surface area contributed by atoms with Gasteiger partial charge in [0.2, 0.25) is 0 Å². The number of carbonyl (C=O) groups excluding carboxylic acids is 2. The Morgan fingerprint density at radius 2 is 1.79 bits per heavy atom. The fourth-order valence-corrected chi connectivity index (χ4v) is 3.38. The zero-order chi connectivity index (χ0) is 21.2. The van der Waals surface area contributed by atoms with Crippen LogP contribution in [-0.2, 0) is 14.3 Å². The monoisotopic (exact) mass is 423 g/mol. The van der Waals surface area contributed by atoms with Gasteiger partial charge in [-0.3, -0.25) is 4.79 Å². The van der Waals surface area contributed by atoms with Gasteiger partial charge in [-0.2, -0.15) is 0 Å². The first-order valence-electron chi connectivity index (χ1n) is 10.1. The van der Waals surface area contributed by atoms with Crippen molar-refractivity contribution in [1.29, 1.82) is 0 Å². The second-order valence-electron chi connectivity index (χ2n) is 7.29. The van der Waals surface area contributed by atoms with Crippen LogP contribution >= 0.6 is 11.6 Å². The first kappa shape index (κ1) is 23.1. The number of halogens is 1. The molecule has 0 unspecified atom stereocenters. The minimum Gasteiger partial charge on any atom is -0.493 e. The number of ether oxygens (including phenoxy) is 3. The van der Waals surface area contributed by atoms with Crippen molar-refractivity contribution in [1.82, 2.24) is 4.90 Å². The van der Waals surface area contributed by atoms with Gasteiger partial charge < -0.3 is 19.1 Å². The van der Waals surface area contributed by atoms with Crippen LogP contribution in [-0.4, -0.2) is 49.7 Å². The van der Waals surface area contributed by atoms with Crippen molar-refractivity contribution in [3.05, 3.63) is 28.8 Å². The molecule has 29 heavy (non-hydrogen) atoms. The van der Waals surface area contributed by atoms with Gasteiger partial charge in [-0.05, 0) is 50.5 Å². The van der Waals surface area contributed by atoms with Crippen LogP contribution in [0.4, 0.5) is 0 Å². The van der Waals surface area contributed by atoms with Gasteiger partial charge in [-0.15, -0.1) is 0 Å². The van der Waals surface area contributed by atoms with Gasteiger partial charge in [-0.25, -0.2) is 4.79 Å². The smallest absolute Gasteiger partial charge is 0.331 e. The molecule has 1 saturated heterocycles. The van der Waals surface area contributed by atoms with Crippen LogP contribution in [0.1, 0.15) is 51.5 Å². The first-order chi connectivity index (χ1) is 13.9. The zero-order valence-electron chi connectivity index (χ0n) is 17.4. The van der Waals surface area contributed by atoms with E-state index in [0.29, 0.717) is 22.1 Å². The maximum atomic E-state index is 12.3. The molecule has 1 heterocycles. The highest BCUT2D eigenvalue weighted by atomic mass is 35.5. The van der Waals surface area contributed by atoms with E-state index in [1.807, 2.05) is 13.8 Å². The Morgan fingerprint density at radius 1 is 1.14 bits per heavy atom. The molecule has 7 heteroatoms. The lowest BCUT2D eigenvalue weighted by Gasteiger charge is -2.24. The summed E-state index contributed by atoms with van der Waals surface area (Å²) in [5, 5.41) is 0.387. The third kappa shape index (κ3) is 7.61. The molecule has 0 saturated carbocycles. The summed E-state index contributed by atoms with van der Waals surface area (Å²) in [5.41, 5.74) is 0.662. The molecule has 2 rings (SSSR count). The Labute approximate surface area is 177 Å². The number of hydrogen-bond acceptors (Lipinski definition) is 5. The molecule has 0 atom stereocenters. The van der Waals surface area contributed by atoms with Gasteiger partial charge in [0.25, 0.3) is 5.91 Å². The summed E-state index contributed by atoms with van der Waals surface area (Å²) >= 11 is 6.28. The van der Waals surface area contributed by atoms with Gasteiger partial charge in [-0.1, -0.05) is 30.9 Å². The average Bonchev–Trinajstić information content (AvgIpc) is 2.65. The molecule has 0 aliphatic carbocycles. The molecular formula is C22H30ClNO5. The fraction of sp³-hybridized carbons (Fsp3) is 0.545. The van der Waals surface area contributed by atoms with E-state index in [-0.39, 0.29) is 18.6 Å². The highest BCUT2D eigenvalue weighted by Crippen LogP contribution is 2.37. The van der Waals surface area contributed by atoms with E-state index >= 15 is 0 Å². The van der Waals surface area contributed by atoms with Gasteiger partial charge in [0.05, 0.1) is 18.2 Å². The maximum Gasteiger partial charge on any atom is 0.331 e. The number of benzene rings is 1. The highest BCUT2D eigenvalue weighted by Gasteiger charge is 2.16. The first-order valence-corrected chi connectivity index (χ1v) is 10.4. The maximum absolute atomic E-state index is 12.3. The lowest BCUT2D eigenvalue weighted by molar-refractivity contribution is -0.148. The second-order valence-corrected chi connectivity index (χ2v) is 7.70. The molecule has 1 amide bonds. The molecule has 160 valence electrons. The summed E-state index contributed by atoms with van der Waals surface area (Å²) in [7, 11) is 1.52. The normalized spacial score (nSPS) is 15.1. The number of carbonyl (C=O) groups is 2. The topological polar surface area (TPSA) is 65.1 Å². The van der Waals surface area contributed by atoms with Crippen molar-refractivity contribution in [2.45, 2.75) is 52.1 Å². The Bertz CT molecular complexity index is 724. The minimum atomic E-state index is -0.581. The number of hydrogen-bond donors (Lipinski definition) is 0. The molecule has 1 aromatic rings. The molecule has 1 fully saturated rings. The summed E-state index contributed by atoms with van der Waals surface area (Å²) in [6, 6.07) is 3.40. The number of likely N-dealkylation sites (tertiary alicyclic amines) is 1. The van der Waals surface area contributed by atoms with Crippen molar-refractivity contribution in [3.63, 3.8) is 0 Å². The predicted octanol–water partition coefficient (Wildman–Crippen LogP) is 4.48. The predicted molar refractivity (Wildman–Crippen MR) is 113 cm³/mol. The van der Waals surface area contributed by atoms with E-state index in [2.05, 4.69) is 0 Å². The molecule has 1 aromatic carbocycles. The molecule has 0 aromatic heterocycles. The van der Waals surface area contributed by atoms with Crippen LogP contribution in [0.3, 0.4) is 0 Å². The molecule has 6 nitrogen and oxygen atoms in total. The number of nitrogens with zero attached hydrogens (tertiary/aromatic N) is 1. The fourth-order valence-electron chi connectivity index (χ4n) is 3.12. The molecule has 0 bridgehead atoms. The lowest BCUT2D eigenvalue weighted by atomic mass is 10.1. The SMILES string of the molecule is COc1cc(/C=C/C(=O)OCC(=O)N2CCCCCCC2)cc(Cl)c1OC(C)C. The van der Waals surface area contributed by atoms with Crippen LogP contribution in [0.2, 0.25) is 5.02 Å². The molecule has 0 N–H and O–H groups in total. The van der Waals surface area contributed by atoms with Crippen LogP contribution in [0.25, 0.3) is 6.08 Å². The van der Waals surface area contributed by atoms with Gasteiger partial charge in [0.15, 0.2) is 18.1 Å². The van der Waals surface area contributed by atoms with Crippen LogP contribution in [0.5, 0.6) is 11.5 Å². The Hall–Kier alpha value is -2.21. The Morgan fingerprint density at radius 3 is 2.41 bits per heavy atom. The highest BCUT2D eigenvalue weighted by molar-refractivity contribution is 6.32. The van der Waals surface area contributed by atoms with Gasteiger partial charge in [0, 0.05) is 19.2 Å². The van der Waals surface area contributed by atoms with Crippen LogP contribution < -0.4 is 9.47 Å². The molecule has 0 radical (unpaired) electrons. The number of amides is 1. The number of esters is 1. The largest absolute Gasteiger partial charge is 0.493 e. The van der Waals surface area contributed by atoms with E-state index in [9.17, 15) is 9.59 Å². The summed E-state index contributed by atoms with van der Waals surface area (Å²) < 4.78 is 16.1. The van der Waals surface area contributed by atoms with Gasteiger partial charge >= 0.3 is 5.97 Å². The van der Waals surface area contributed by atoms with Crippen molar-refractivity contribution in [2.24, 2.45) is 0 Å². The third-order valence-corrected chi connectivity index (χ3v) is 4.84. The molecule has 1 aliphatic heterocycles. The van der Waals surface area contributed by atoms with Crippen molar-refractivity contribution >= 4 is 29.6 Å². The Balaban J connectivity index is 1.92. The number of methoxy groups -OCH3 is 1. The van der Waals surface area contributed by atoms with Crippen molar-refractivity contribution in [2.75, 3.05) is 26.8 Å². The molecule has 1 aliphatic rings. The van der Waals surface area contributed by atoms with Crippen molar-refractivity contribution in [3.8, 4) is 11.5 Å². The van der Waals surface area contributed by atoms with Crippen LogP contribution in [0, 0.1) is 0 Å².